The minimum absolute atomic E-state index is 0.0207. The number of hydrogen-bond donors (Lipinski definition) is 0. The molecule has 176 valence electrons. The summed E-state index contributed by atoms with van der Waals surface area (Å²) in [5, 5.41) is 9.35. The first-order chi connectivity index (χ1) is 16.4. The number of methoxy groups -OCH3 is 2. The zero-order valence-corrected chi connectivity index (χ0v) is 18.6. The first-order valence-corrected chi connectivity index (χ1v) is 10.3. The maximum atomic E-state index is 14.1. The van der Waals surface area contributed by atoms with Crippen molar-refractivity contribution in [3.05, 3.63) is 92.9 Å². The molecule has 7 nitrogen and oxygen atoms in total. The quantitative estimate of drug-likeness (QED) is 0.332. The normalized spacial score (nSPS) is 10.6. The molecule has 0 aliphatic carbocycles. The van der Waals surface area contributed by atoms with Crippen LogP contribution in [-0.2, 0) is 17.9 Å². The molecule has 0 N–H and O–H groups in total. The summed E-state index contributed by atoms with van der Waals surface area (Å²) in [7, 11) is 2.95. The third kappa shape index (κ3) is 5.66. The number of nitrogens with zero attached hydrogens (tertiary/aromatic N) is 2. The highest BCUT2D eigenvalue weighted by Gasteiger charge is 2.19. The Labute approximate surface area is 194 Å². The number of rotatable bonds is 10. The number of aromatic nitrogens is 1. The number of ketones is 1. The highest BCUT2D eigenvalue weighted by atomic mass is 19.1. The molecule has 0 aliphatic heterocycles. The molecule has 0 spiro atoms. The Hall–Kier alpha value is -4.03. The van der Waals surface area contributed by atoms with Crippen LogP contribution in [0.2, 0.25) is 0 Å². The fourth-order valence-electron chi connectivity index (χ4n) is 3.36. The minimum atomic E-state index is -0.673. The molecule has 1 heterocycles. The molecule has 0 aliphatic rings. The molecule has 0 saturated heterocycles. The summed E-state index contributed by atoms with van der Waals surface area (Å²) < 4.78 is 44.9. The van der Waals surface area contributed by atoms with Gasteiger partial charge in [-0.15, -0.1) is 0 Å². The highest BCUT2D eigenvalue weighted by Crippen LogP contribution is 2.26. The van der Waals surface area contributed by atoms with E-state index in [0.29, 0.717) is 24.3 Å². The lowest BCUT2D eigenvalue weighted by atomic mass is 10.0. The number of hydrogen-bond acceptors (Lipinski definition) is 6. The first kappa shape index (κ1) is 24.6. The van der Waals surface area contributed by atoms with E-state index in [9.17, 15) is 23.6 Å². The Morgan fingerprint density at radius 2 is 1.76 bits per heavy atom. The zero-order chi connectivity index (χ0) is 24.7. The summed E-state index contributed by atoms with van der Waals surface area (Å²) in [6.07, 6.45) is 1.81. The second-order valence-corrected chi connectivity index (χ2v) is 7.31. The number of nitriles is 1. The second kappa shape index (κ2) is 11.2. The van der Waals surface area contributed by atoms with Gasteiger partial charge < -0.3 is 18.8 Å². The van der Waals surface area contributed by atoms with Gasteiger partial charge in [0.05, 0.1) is 12.7 Å². The topological polar surface area (TPSA) is 90.5 Å². The summed E-state index contributed by atoms with van der Waals surface area (Å²) in [6, 6.07) is 10.3. The molecule has 34 heavy (non-hydrogen) atoms. The van der Waals surface area contributed by atoms with Crippen molar-refractivity contribution in [1.82, 2.24) is 4.57 Å². The fourth-order valence-corrected chi connectivity index (χ4v) is 3.36. The number of carbonyl (C=O) groups excluding carboxylic acids is 1. The summed E-state index contributed by atoms with van der Waals surface area (Å²) in [4.78, 5) is 25.7. The highest BCUT2D eigenvalue weighted by molar-refractivity contribution is 6.10. The van der Waals surface area contributed by atoms with Crippen LogP contribution in [0, 0.1) is 23.0 Å². The Kier molecular flexibility index (Phi) is 8.11. The molecule has 0 unspecified atom stereocenters. The van der Waals surface area contributed by atoms with E-state index in [1.54, 1.807) is 6.07 Å². The zero-order valence-electron chi connectivity index (χ0n) is 18.6. The Balaban J connectivity index is 1.96. The molecule has 3 aromatic rings. The lowest BCUT2D eigenvalue weighted by molar-refractivity contribution is 0.103. The molecular weight excluding hydrogens is 446 g/mol. The molecule has 0 saturated carbocycles. The van der Waals surface area contributed by atoms with Crippen molar-refractivity contribution >= 4 is 5.78 Å². The molecule has 0 bridgehead atoms. The average molecular weight is 468 g/mol. The van der Waals surface area contributed by atoms with E-state index in [1.165, 1.54) is 55.3 Å². The van der Waals surface area contributed by atoms with Gasteiger partial charge in [0.1, 0.15) is 41.4 Å². The molecular formula is C25H22F2N2O5. The number of carbonyl (C=O) groups is 1. The van der Waals surface area contributed by atoms with E-state index in [-0.39, 0.29) is 35.6 Å². The van der Waals surface area contributed by atoms with Gasteiger partial charge in [0, 0.05) is 37.6 Å². The molecule has 0 fully saturated rings. The van der Waals surface area contributed by atoms with Crippen LogP contribution in [0.5, 0.6) is 11.5 Å². The number of halogens is 2. The molecule has 9 heteroatoms. The van der Waals surface area contributed by atoms with Crippen LogP contribution in [0.25, 0.3) is 0 Å². The number of pyridine rings is 1. The summed E-state index contributed by atoms with van der Waals surface area (Å²) in [5.41, 5.74) is -0.451. The largest absolute Gasteiger partial charge is 0.496 e. The van der Waals surface area contributed by atoms with E-state index in [2.05, 4.69) is 0 Å². The van der Waals surface area contributed by atoms with Crippen molar-refractivity contribution in [2.24, 2.45) is 0 Å². The van der Waals surface area contributed by atoms with Gasteiger partial charge >= 0.3 is 0 Å². The van der Waals surface area contributed by atoms with Crippen LogP contribution in [0.4, 0.5) is 8.78 Å². The van der Waals surface area contributed by atoms with Crippen LogP contribution in [-0.4, -0.2) is 31.2 Å². The van der Waals surface area contributed by atoms with Crippen molar-refractivity contribution in [3.63, 3.8) is 0 Å². The number of ether oxygens (including phenoxy) is 3. The lowest BCUT2D eigenvalue weighted by Crippen LogP contribution is -2.24. The summed E-state index contributed by atoms with van der Waals surface area (Å²) in [6.45, 7) is 0.471. The predicted octanol–water partition coefficient (Wildman–Crippen LogP) is 3.85. The van der Waals surface area contributed by atoms with Gasteiger partial charge in [0.2, 0.25) is 0 Å². The third-order valence-electron chi connectivity index (χ3n) is 5.03. The maximum absolute atomic E-state index is 14.1. The lowest BCUT2D eigenvalue weighted by Gasteiger charge is -2.14. The van der Waals surface area contributed by atoms with Crippen molar-refractivity contribution in [2.45, 2.75) is 19.6 Å². The van der Waals surface area contributed by atoms with E-state index in [4.69, 9.17) is 14.2 Å². The molecule has 1 aromatic heterocycles. The van der Waals surface area contributed by atoms with Crippen molar-refractivity contribution in [3.8, 4) is 17.6 Å². The summed E-state index contributed by atoms with van der Waals surface area (Å²) >= 11 is 0. The van der Waals surface area contributed by atoms with Crippen molar-refractivity contribution in [2.75, 3.05) is 20.8 Å². The Morgan fingerprint density at radius 3 is 2.44 bits per heavy atom. The Bertz CT molecular complexity index is 1300. The van der Waals surface area contributed by atoms with Gasteiger partial charge in [-0.1, -0.05) is 0 Å². The van der Waals surface area contributed by atoms with E-state index < -0.39 is 23.0 Å². The smallest absolute Gasteiger partial charge is 0.268 e. The van der Waals surface area contributed by atoms with Gasteiger partial charge in [0.15, 0.2) is 5.78 Å². The van der Waals surface area contributed by atoms with Gasteiger partial charge in [-0.3, -0.25) is 9.59 Å². The van der Waals surface area contributed by atoms with Crippen LogP contribution in [0.1, 0.15) is 33.5 Å². The van der Waals surface area contributed by atoms with Gasteiger partial charge in [0.25, 0.3) is 5.56 Å². The molecule has 3 rings (SSSR count). The summed E-state index contributed by atoms with van der Waals surface area (Å²) in [5.74, 6) is -1.37. The van der Waals surface area contributed by atoms with Crippen molar-refractivity contribution in [1.29, 1.82) is 5.26 Å². The van der Waals surface area contributed by atoms with Crippen molar-refractivity contribution < 1.29 is 27.8 Å². The fraction of sp³-hybridized carbons (Fsp3) is 0.240. The monoisotopic (exact) mass is 468 g/mol. The number of aryl methyl sites for hydroxylation is 1. The molecule has 0 radical (unpaired) electrons. The van der Waals surface area contributed by atoms with Crippen LogP contribution in [0.3, 0.4) is 0 Å². The molecule has 0 atom stereocenters. The van der Waals surface area contributed by atoms with E-state index in [1.807, 2.05) is 0 Å². The van der Waals surface area contributed by atoms with Gasteiger partial charge in [-0.05, 0) is 48.9 Å². The average Bonchev–Trinajstić information content (AvgIpc) is 2.84. The van der Waals surface area contributed by atoms with Crippen LogP contribution < -0.4 is 15.0 Å². The Morgan fingerprint density at radius 1 is 1.06 bits per heavy atom. The minimum Gasteiger partial charge on any atom is -0.496 e. The van der Waals surface area contributed by atoms with Crippen LogP contribution >= 0.6 is 0 Å². The SMILES string of the molecule is COCCCn1cc(C(=O)c2cc(F)ccc2OCc2cc(F)ccc2OC)cc(C#N)c1=O. The van der Waals surface area contributed by atoms with E-state index >= 15 is 0 Å². The third-order valence-corrected chi connectivity index (χ3v) is 5.03. The van der Waals surface area contributed by atoms with E-state index in [0.717, 1.165) is 12.1 Å². The van der Waals surface area contributed by atoms with Gasteiger partial charge in [-0.25, -0.2) is 8.78 Å². The molecule has 2 aromatic carbocycles. The maximum Gasteiger partial charge on any atom is 0.268 e. The second-order valence-electron chi connectivity index (χ2n) is 7.31. The standard InChI is InChI=1S/C25H22F2N2O5/c1-32-9-3-8-29-14-17(10-16(13-28)25(29)31)24(30)21-12-20(27)5-7-23(21)34-15-18-11-19(26)4-6-22(18)33-2/h4-7,10-12,14H,3,8-9,15H2,1-2H3. The predicted molar refractivity (Wildman–Crippen MR) is 119 cm³/mol. The first-order valence-electron chi connectivity index (χ1n) is 10.3. The number of benzene rings is 2. The van der Waals surface area contributed by atoms with Gasteiger partial charge in [-0.2, -0.15) is 5.26 Å². The van der Waals surface area contributed by atoms with Crippen LogP contribution in [0.15, 0.2) is 53.5 Å². The molecule has 0 amide bonds.